The Bertz CT molecular complexity index is 444. The first-order chi connectivity index (χ1) is 9.24. The van der Waals surface area contributed by atoms with Crippen LogP contribution < -0.4 is 0 Å². The Morgan fingerprint density at radius 3 is 2.74 bits per heavy atom. The van der Waals surface area contributed by atoms with Crippen LogP contribution in [-0.2, 0) is 11.2 Å². The number of hydrogen-bond donors (Lipinski definition) is 0. The van der Waals surface area contributed by atoms with Crippen molar-refractivity contribution in [2.24, 2.45) is 0 Å². The molecule has 1 saturated heterocycles. The Hall–Kier alpha value is -1.38. The summed E-state index contributed by atoms with van der Waals surface area (Å²) in [5.41, 5.74) is 1.10. The van der Waals surface area contributed by atoms with E-state index in [-0.39, 0.29) is 11.9 Å². The fourth-order valence-electron chi connectivity index (χ4n) is 2.39. The van der Waals surface area contributed by atoms with Gasteiger partial charge in [0.05, 0.1) is 18.5 Å². The Morgan fingerprint density at radius 2 is 2.21 bits per heavy atom. The van der Waals surface area contributed by atoms with Crippen LogP contribution in [0.15, 0.2) is 16.8 Å². The molecule has 1 aromatic rings. The maximum absolute atomic E-state index is 12.1. The van der Waals surface area contributed by atoms with Gasteiger partial charge in [-0.2, -0.15) is 16.6 Å². The minimum absolute atomic E-state index is 0.00544. The predicted molar refractivity (Wildman–Crippen MR) is 75.9 cm³/mol. The highest BCUT2D eigenvalue weighted by atomic mass is 32.1. The van der Waals surface area contributed by atoms with Crippen LogP contribution in [0, 0.1) is 11.3 Å². The molecular formula is C14H19N3OS. The topological polar surface area (TPSA) is 47.3 Å². The predicted octanol–water partition coefficient (Wildman–Crippen LogP) is 1.74. The highest BCUT2D eigenvalue weighted by Crippen LogP contribution is 2.12. The monoisotopic (exact) mass is 277 g/mol. The molecular weight excluding hydrogens is 258 g/mol. The smallest absolute Gasteiger partial charge is 0.227 e. The van der Waals surface area contributed by atoms with Crippen molar-refractivity contribution in [1.82, 2.24) is 9.80 Å². The molecule has 0 aliphatic carbocycles. The van der Waals surface area contributed by atoms with Crippen molar-refractivity contribution in [2.45, 2.75) is 25.8 Å². The van der Waals surface area contributed by atoms with Crippen molar-refractivity contribution >= 4 is 17.2 Å². The Labute approximate surface area is 118 Å². The van der Waals surface area contributed by atoms with Gasteiger partial charge in [-0.3, -0.25) is 9.69 Å². The van der Waals surface area contributed by atoms with Crippen molar-refractivity contribution in [3.63, 3.8) is 0 Å². The zero-order valence-electron chi connectivity index (χ0n) is 11.2. The number of carbonyl (C=O) groups excluding carboxylic acids is 1. The van der Waals surface area contributed by atoms with Gasteiger partial charge >= 0.3 is 0 Å². The molecule has 0 bridgehead atoms. The standard InChI is InChI=1S/C14H19N3OS/c1-2-13(10-15)16-4-6-17(7-5-16)14(18)9-12-3-8-19-11-12/h3,8,11,13H,2,4-7,9H2,1H3. The first kappa shape index (κ1) is 14.0. The number of rotatable bonds is 4. The van der Waals surface area contributed by atoms with Crippen LogP contribution in [0.2, 0.25) is 0 Å². The van der Waals surface area contributed by atoms with Gasteiger partial charge in [-0.15, -0.1) is 0 Å². The second kappa shape index (κ2) is 6.69. The van der Waals surface area contributed by atoms with Crippen LogP contribution in [0.5, 0.6) is 0 Å². The van der Waals surface area contributed by atoms with Gasteiger partial charge in [0.2, 0.25) is 5.91 Å². The first-order valence-electron chi connectivity index (χ1n) is 6.67. The molecule has 102 valence electrons. The molecule has 0 saturated carbocycles. The number of amides is 1. The third-order valence-corrected chi connectivity index (χ3v) is 4.31. The Morgan fingerprint density at radius 1 is 1.47 bits per heavy atom. The van der Waals surface area contributed by atoms with E-state index < -0.39 is 0 Å². The van der Waals surface area contributed by atoms with Crippen LogP contribution in [0.1, 0.15) is 18.9 Å². The van der Waals surface area contributed by atoms with Crippen molar-refractivity contribution in [3.8, 4) is 6.07 Å². The summed E-state index contributed by atoms with van der Waals surface area (Å²) in [6, 6.07) is 4.32. The van der Waals surface area contributed by atoms with Crippen LogP contribution >= 0.6 is 11.3 Å². The van der Waals surface area contributed by atoms with Gasteiger partial charge in [0, 0.05) is 26.2 Å². The van der Waals surface area contributed by atoms with E-state index in [1.807, 2.05) is 28.7 Å². The number of hydrogen-bond acceptors (Lipinski definition) is 4. The van der Waals surface area contributed by atoms with Crippen LogP contribution in [0.3, 0.4) is 0 Å². The molecule has 0 radical (unpaired) electrons. The maximum Gasteiger partial charge on any atom is 0.227 e. The summed E-state index contributed by atoms with van der Waals surface area (Å²) < 4.78 is 0. The fraction of sp³-hybridized carbons (Fsp3) is 0.571. The lowest BCUT2D eigenvalue weighted by Gasteiger charge is -2.36. The maximum atomic E-state index is 12.1. The van der Waals surface area contributed by atoms with Gasteiger partial charge in [-0.1, -0.05) is 6.92 Å². The summed E-state index contributed by atoms with van der Waals surface area (Å²) in [5.74, 6) is 0.197. The van der Waals surface area contributed by atoms with E-state index >= 15 is 0 Å². The lowest BCUT2D eigenvalue weighted by atomic mass is 10.1. The molecule has 1 fully saturated rings. The van der Waals surface area contributed by atoms with Gasteiger partial charge in [0.25, 0.3) is 0 Å². The van der Waals surface area contributed by atoms with E-state index in [1.165, 1.54) is 0 Å². The summed E-state index contributed by atoms with van der Waals surface area (Å²) in [7, 11) is 0. The molecule has 0 spiro atoms. The van der Waals surface area contributed by atoms with Gasteiger partial charge in [-0.25, -0.2) is 0 Å². The third kappa shape index (κ3) is 3.55. The van der Waals surface area contributed by atoms with E-state index in [0.717, 1.165) is 38.2 Å². The zero-order chi connectivity index (χ0) is 13.7. The summed E-state index contributed by atoms with van der Waals surface area (Å²) in [4.78, 5) is 16.2. The SMILES string of the molecule is CCC(C#N)N1CCN(C(=O)Cc2ccsc2)CC1. The Kier molecular flexibility index (Phi) is 4.94. The number of nitrogens with zero attached hydrogens (tertiary/aromatic N) is 3. The second-order valence-corrected chi connectivity index (χ2v) is 5.56. The highest BCUT2D eigenvalue weighted by molar-refractivity contribution is 7.07. The van der Waals surface area contributed by atoms with Crippen molar-refractivity contribution in [1.29, 1.82) is 5.26 Å². The van der Waals surface area contributed by atoms with E-state index in [9.17, 15) is 4.79 Å². The third-order valence-electron chi connectivity index (χ3n) is 3.58. The molecule has 1 aromatic heterocycles. The molecule has 2 rings (SSSR count). The minimum atomic E-state index is -0.00544. The van der Waals surface area contributed by atoms with E-state index in [0.29, 0.717) is 6.42 Å². The van der Waals surface area contributed by atoms with E-state index in [2.05, 4.69) is 11.0 Å². The summed E-state index contributed by atoms with van der Waals surface area (Å²) in [6.07, 6.45) is 1.35. The number of thiophene rings is 1. The zero-order valence-corrected chi connectivity index (χ0v) is 12.0. The van der Waals surface area contributed by atoms with Gasteiger partial charge in [0.1, 0.15) is 0 Å². The molecule has 4 nitrogen and oxygen atoms in total. The number of piperazine rings is 1. The summed E-state index contributed by atoms with van der Waals surface area (Å²) in [5, 5.41) is 13.1. The molecule has 1 unspecified atom stereocenters. The van der Waals surface area contributed by atoms with Crippen molar-refractivity contribution < 1.29 is 4.79 Å². The quantitative estimate of drug-likeness (QED) is 0.842. The normalized spacial score (nSPS) is 18.0. The van der Waals surface area contributed by atoms with Crippen molar-refractivity contribution in [3.05, 3.63) is 22.4 Å². The minimum Gasteiger partial charge on any atom is -0.340 e. The summed E-state index contributed by atoms with van der Waals surface area (Å²) in [6.45, 7) is 5.12. The largest absolute Gasteiger partial charge is 0.340 e. The van der Waals surface area contributed by atoms with Crippen molar-refractivity contribution in [2.75, 3.05) is 26.2 Å². The van der Waals surface area contributed by atoms with Crippen LogP contribution in [0.25, 0.3) is 0 Å². The lowest BCUT2D eigenvalue weighted by Crippen LogP contribution is -2.51. The van der Waals surface area contributed by atoms with E-state index in [4.69, 9.17) is 5.26 Å². The summed E-state index contributed by atoms with van der Waals surface area (Å²) >= 11 is 1.62. The van der Waals surface area contributed by atoms with Gasteiger partial charge in [0.15, 0.2) is 0 Å². The molecule has 5 heteroatoms. The van der Waals surface area contributed by atoms with Gasteiger partial charge < -0.3 is 4.90 Å². The van der Waals surface area contributed by atoms with E-state index in [1.54, 1.807) is 11.3 Å². The van der Waals surface area contributed by atoms with Crippen LogP contribution in [0.4, 0.5) is 0 Å². The molecule has 19 heavy (non-hydrogen) atoms. The van der Waals surface area contributed by atoms with Crippen LogP contribution in [-0.4, -0.2) is 47.9 Å². The molecule has 1 amide bonds. The molecule has 1 atom stereocenters. The number of carbonyl (C=O) groups is 1. The fourth-order valence-corrected chi connectivity index (χ4v) is 3.06. The molecule has 0 N–H and O–H groups in total. The number of nitriles is 1. The molecule has 2 heterocycles. The van der Waals surface area contributed by atoms with Gasteiger partial charge in [-0.05, 0) is 28.8 Å². The highest BCUT2D eigenvalue weighted by Gasteiger charge is 2.24. The first-order valence-corrected chi connectivity index (χ1v) is 7.61. The average Bonchev–Trinajstić information content (AvgIpc) is 2.94. The molecule has 0 aromatic carbocycles. The molecule has 1 aliphatic heterocycles. The Balaban J connectivity index is 1.83. The average molecular weight is 277 g/mol. The molecule has 1 aliphatic rings. The lowest BCUT2D eigenvalue weighted by molar-refractivity contribution is -0.132. The second-order valence-electron chi connectivity index (χ2n) is 4.78.